The van der Waals surface area contributed by atoms with E-state index >= 15 is 0 Å². The lowest BCUT2D eigenvalue weighted by atomic mass is 10.2. The molecule has 6 bridgehead atoms. The van der Waals surface area contributed by atoms with Crippen LogP contribution in [0.3, 0.4) is 0 Å². The molecule has 2 N–H and O–H groups in total. The molecular formula is C25H26N6O3. The zero-order valence-electron chi connectivity index (χ0n) is 18.7. The first-order valence-electron chi connectivity index (χ1n) is 11.4. The lowest BCUT2D eigenvalue weighted by Crippen LogP contribution is -2.25. The van der Waals surface area contributed by atoms with E-state index in [0.717, 1.165) is 42.1 Å². The summed E-state index contributed by atoms with van der Waals surface area (Å²) in [7, 11) is 0. The van der Waals surface area contributed by atoms with Gasteiger partial charge in [0, 0.05) is 24.3 Å². The third-order valence-electron chi connectivity index (χ3n) is 5.49. The minimum absolute atomic E-state index is 0.0614. The van der Waals surface area contributed by atoms with E-state index in [2.05, 4.69) is 25.6 Å². The first kappa shape index (κ1) is 21.7. The Hall–Kier alpha value is -4.14. The highest BCUT2D eigenvalue weighted by Crippen LogP contribution is 2.22. The van der Waals surface area contributed by atoms with Gasteiger partial charge in [0.25, 0.3) is 0 Å². The van der Waals surface area contributed by atoms with Gasteiger partial charge in [0.1, 0.15) is 23.3 Å². The second-order valence-corrected chi connectivity index (χ2v) is 8.02. The van der Waals surface area contributed by atoms with E-state index in [1.807, 2.05) is 53.1 Å². The number of anilines is 2. The predicted molar refractivity (Wildman–Crippen MR) is 129 cm³/mol. The maximum Gasteiger partial charge on any atom is 0.229 e. The lowest BCUT2D eigenvalue weighted by Gasteiger charge is -2.10. The third kappa shape index (κ3) is 5.25. The summed E-state index contributed by atoms with van der Waals surface area (Å²) in [5.41, 5.74) is 3.19. The normalized spacial score (nSPS) is 15.2. The number of hydrogen-bond donors (Lipinski definition) is 2. The average molecular weight is 459 g/mol. The van der Waals surface area contributed by atoms with Gasteiger partial charge in [-0.1, -0.05) is 0 Å². The fourth-order valence-electron chi connectivity index (χ4n) is 3.68. The van der Waals surface area contributed by atoms with Gasteiger partial charge >= 0.3 is 0 Å². The van der Waals surface area contributed by atoms with Gasteiger partial charge in [-0.15, -0.1) is 0 Å². The maximum atomic E-state index is 12.0. The topological polar surface area (TPSA) is 103 Å². The van der Waals surface area contributed by atoms with Crippen molar-refractivity contribution in [2.75, 3.05) is 25.1 Å². The van der Waals surface area contributed by atoms with Crippen LogP contribution < -0.4 is 20.1 Å². The second-order valence-electron chi connectivity index (χ2n) is 8.02. The van der Waals surface area contributed by atoms with E-state index in [1.54, 1.807) is 12.5 Å². The molecular weight excluding hydrogens is 432 g/mol. The molecule has 4 aromatic rings. The molecule has 7 rings (SSSR count). The zero-order valence-corrected chi connectivity index (χ0v) is 18.7. The van der Waals surface area contributed by atoms with Gasteiger partial charge in [-0.05, 0) is 67.8 Å². The van der Waals surface area contributed by atoms with Crippen LogP contribution >= 0.6 is 0 Å². The summed E-state index contributed by atoms with van der Waals surface area (Å²) in [6.07, 6.45) is 6.28. The number of ether oxygens (including phenoxy) is 2. The fourth-order valence-corrected chi connectivity index (χ4v) is 3.68. The van der Waals surface area contributed by atoms with Crippen LogP contribution in [0.5, 0.6) is 11.5 Å². The molecule has 0 fully saturated rings. The number of fused-ring (bicyclic) bond motifs is 2. The summed E-state index contributed by atoms with van der Waals surface area (Å²) < 4.78 is 13.5. The first-order chi connectivity index (χ1) is 16.7. The van der Waals surface area contributed by atoms with Crippen molar-refractivity contribution in [2.24, 2.45) is 0 Å². The summed E-state index contributed by atoms with van der Waals surface area (Å²) in [6.45, 7) is 1.69. The molecule has 0 aliphatic carbocycles. The summed E-state index contributed by atoms with van der Waals surface area (Å²) in [5.74, 6) is 2.09. The molecule has 9 nitrogen and oxygen atoms in total. The quantitative estimate of drug-likeness (QED) is 0.410. The molecule has 34 heavy (non-hydrogen) atoms. The van der Waals surface area contributed by atoms with E-state index in [9.17, 15) is 4.79 Å². The van der Waals surface area contributed by atoms with Crippen molar-refractivity contribution in [1.29, 1.82) is 0 Å². The number of benzene rings is 2. The Morgan fingerprint density at radius 1 is 0.853 bits per heavy atom. The van der Waals surface area contributed by atoms with Crippen molar-refractivity contribution in [2.45, 2.75) is 25.7 Å². The predicted octanol–water partition coefficient (Wildman–Crippen LogP) is 4.01. The first-order valence-corrected chi connectivity index (χ1v) is 11.4. The Kier molecular flexibility index (Phi) is 6.51. The van der Waals surface area contributed by atoms with Crippen molar-refractivity contribution in [3.63, 3.8) is 0 Å². The highest BCUT2D eigenvalue weighted by molar-refractivity contribution is 5.75. The monoisotopic (exact) mass is 458 g/mol. The Bertz CT molecular complexity index is 1250. The van der Waals surface area contributed by atoms with E-state index in [0.29, 0.717) is 43.3 Å². The highest BCUT2D eigenvalue weighted by Gasteiger charge is 2.10. The van der Waals surface area contributed by atoms with Crippen LogP contribution in [-0.2, 0) is 4.79 Å². The summed E-state index contributed by atoms with van der Waals surface area (Å²) in [5, 5.41) is 6.17. The molecule has 5 heterocycles. The van der Waals surface area contributed by atoms with Gasteiger partial charge in [0.2, 0.25) is 11.9 Å². The van der Waals surface area contributed by atoms with Crippen molar-refractivity contribution in [3.8, 4) is 17.2 Å². The molecule has 0 saturated heterocycles. The molecule has 0 spiro atoms. The van der Waals surface area contributed by atoms with Crippen LogP contribution in [0.25, 0.3) is 16.9 Å². The van der Waals surface area contributed by atoms with E-state index in [4.69, 9.17) is 9.47 Å². The summed E-state index contributed by atoms with van der Waals surface area (Å²) in [4.78, 5) is 25.5. The lowest BCUT2D eigenvalue weighted by molar-refractivity contribution is -0.121. The summed E-state index contributed by atoms with van der Waals surface area (Å²) >= 11 is 0. The van der Waals surface area contributed by atoms with E-state index in [1.165, 1.54) is 0 Å². The van der Waals surface area contributed by atoms with E-state index in [-0.39, 0.29) is 5.91 Å². The van der Waals surface area contributed by atoms with Crippen LogP contribution in [0, 0.1) is 0 Å². The number of nitrogens with one attached hydrogen (secondary N) is 2. The number of amides is 1. The molecule has 174 valence electrons. The molecule has 0 atom stereocenters. The van der Waals surface area contributed by atoms with Gasteiger partial charge in [0.05, 0.1) is 19.4 Å². The Labute approximate surface area is 197 Å². The number of carbonyl (C=O) groups excluding carboxylic acids is 1. The number of imidazole rings is 1. The van der Waals surface area contributed by atoms with Crippen LogP contribution in [0.15, 0.2) is 61.1 Å². The van der Waals surface area contributed by atoms with Gasteiger partial charge in [-0.2, -0.15) is 4.98 Å². The van der Waals surface area contributed by atoms with Crippen molar-refractivity contribution in [1.82, 2.24) is 24.8 Å². The van der Waals surface area contributed by atoms with E-state index < -0.39 is 0 Å². The number of carbonyl (C=O) groups is 1. The number of nitrogens with zero attached hydrogens (tertiary/aromatic N) is 4. The van der Waals surface area contributed by atoms with Crippen LogP contribution in [-0.4, -0.2) is 45.2 Å². The molecule has 3 aliphatic heterocycles. The van der Waals surface area contributed by atoms with Crippen LogP contribution in [0.4, 0.5) is 11.6 Å². The minimum atomic E-state index is 0.0614. The number of aromatic nitrogens is 4. The molecule has 2 aromatic heterocycles. The number of rotatable bonds is 0. The van der Waals surface area contributed by atoms with Crippen LogP contribution in [0.1, 0.15) is 25.7 Å². The summed E-state index contributed by atoms with van der Waals surface area (Å²) in [6, 6.07) is 15.4. The van der Waals surface area contributed by atoms with Crippen molar-refractivity contribution in [3.05, 3.63) is 61.1 Å². The fraction of sp³-hybridized carbons (Fsp3) is 0.280. The van der Waals surface area contributed by atoms with Crippen LogP contribution in [0.2, 0.25) is 0 Å². The second kappa shape index (κ2) is 10.2. The molecule has 3 aliphatic rings. The molecule has 0 radical (unpaired) electrons. The highest BCUT2D eigenvalue weighted by atomic mass is 16.5. The van der Waals surface area contributed by atoms with Gasteiger partial charge in [-0.3, -0.25) is 9.36 Å². The molecule has 2 aromatic carbocycles. The average Bonchev–Trinajstić information content (AvgIpc) is 3.28. The SMILES string of the molecule is O=C1CCCCOc2ccc(cc2)-n2cnc3cnc(nc32)Nc2ccc(cc2)OCCCN1. The molecule has 1 amide bonds. The Balaban J connectivity index is 1.38. The van der Waals surface area contributed by atoms with Crippen molar-refractivity contribution < 1.29 is 14.3 Å². The zero-order chi connectivity index (χ0) is 23.2. The van der Waals surface area contributed by atoms with Gasteiger partial charge in [-0.25, -0.2) is 9.97 Å². The van der Waals surface area contributed by atoms with Crippen molar-refractivity contribution >= 4 is 28.7 Å². The van der Waals surface area contributed by atoms with Gasteiger partial charge < -0.3 is 20.1 Å². The molecule has 0 saturated carbocycles. The number of hydrogen-bond acceptors (Lipinski definition) is 7. The minimum Gasteiger partial charge on any atom is -0.494 e. The smallest absolute Gasteiger partial charge is 0.229 e. The third-order valence-corrected chi connectivity index (χ3v) is 5.49. The largest absolute Gasteiger partial charge is 0.494 e. The molecule has 9 heteroatoms. The maximum absolute atomic E-state index is 12.0. The van der Waals surface area contributed by atoms with Gasteiger partial charge in [0.15, 0.2) is 5.65 Å². The molecule has 0 unspecified atom stereocenters. The Morgan fingerprint density at radius 2 is 1.59 bits per heavy atom. The standard InChI is InChI=1S/C25H26N6O3/c32-23-4-1-2-14-33-21-11-7-19(8-12-21)31-17-28-22-16-27-25(30-24(22)31)29-18-5-9-20(10-6-18)34-15-3-13-26-23/h5-12,16-17H,1-4,13-15H2,(H,26,32)(H,27,29,30). The Morgan fingerprint density at radius 3 is 2.38 bits per heavy atom.